The molecule has 0 aliphatic carbocycles. The highest BCUT2D eigenvalue weighted by Gasteiger charge is 2.06. The van der Waals surface area contributed by atoms with Crippen molar-refractivity contribution in [3.8, 4) is 0 Å². The fourth-order valence-corrected chi connectivity index (χ4v) is 2.59. The first-order chi connectivity index (χ1) is 9.74. The fourth-order valence-electron chi connectivity index (χ4n) is 2.59. The van der Waals surface area contributed by atoms with Crippen LogP contribution < -0.4 is 5.69 Å². The highest BCUT2D eigenvalue weighted by Crippen LogP contribution is 2.13. The number of hydrogen-bond donors (Lipinski definition) is 1. The summed E-state index contributed by atoms with van der Waals surface area (Å²) < 4.78 is 1.83. The summed E-state index contributed by atoms with van der Waals surface area (Å²) in [4.78, 5) is 14.9. The van der Waals surface area contributed by atoms with Gasteiger partial charge in [0.25, 0.3) is 0 Å². The smallest absolute Gasteiger partial charge is 0.306 e. The van der Waals surface area contributed by atoms with Gasteiger partial charge in [-0.1, -0.05) is 36.4 Å². The first-order valence-corrected chi connectivity index (χ1v) is 6.97. The molecule has 1 heterocycles. The van der Waals surface area contributed by atoms with Gasteiger partial charge in [0.05, 0.1) is 11.0 Å². The summed E-state index contributed by atoms with van der Waals surface area (Å²) in [6.07, 6.45) is 1.95. The molecule has 20 heavy (non-hydrogen) atoms. The highest BCUT2D eigenvalue weighted by atomic mass is 16.1. The number of nitrogens with zero attached hydrogens (tertiary/aromatic N) is 1. The van der Waals surface area contributed by atoms with Crippen molar-refractivity contribution in [2.24, 2.45) is 0 Å². The molecule has 2 aromatic carbocycles. The van der Waals surface area contributed by atoms with Gasteiger partial charge in [-0.2, -0.15) is 0 Å². The van der Waals surface area contributed by atoms with E-state index in [1.54, 1.807) is 0 Å². The fraction of sp³-hybridized carbons (Fsp3) is 0.235. The second-order valence-corrected chi connectivity index (χ2v) is 5.19. The maximum atomic E-state index is 12.0. The average molecular weight is 266 g/mol. The van der Waals surface area contributed by atoms with E-state index in [0.29, 0.717) is 0 Å². The van der Waals surface area contributed by atoms with E-state index in [2.05, 4.69) is 29.2 Å². The predicted molar refractivity (Wildman–Crippen MR) is 82.1 cm³/mol. The molecular weight excluding hydrogens is 248 g/mol. The average Bonchev–Trinajstić information content (AvgIpc) is 2.75. The summed E-state index contributed by atoms with van der Waals surface area (Å²) in [5.74, 6) is 0. The Morgan fingerprint density at radius 2 is 1.90 bits per heavy atom. The first kappa shape index (κ1) is 12.7. The SMILES string of the molecule is Cc1ccc2c(c1)[nH]c(=O)n2CCCc1ccccc1. The van der Waals surface area contributed by atoms with Crippen LogP contribution in [0.25, 0.3) is 11.0 Å². The summed E-state index contributed by atoms with van der Waals surface area (Å²) in [7, 11) is 0. The Morgan fingerprint density at radius 1 is 1.10 bits per heavy atom. The second kappa shape index (κ2) is 5.37. The molecule has 1 N–H and O–H groups in total. The summed E-state index contributed by atoms with van der Waals surface area (Å²) in [5.41, 5.74) is 4.38. The molecule has 3 rings (SSSR count). The molecular formula is C17H18N2O. The topological polar surface area (TPSA) is 37.8 Å². The Hall–Kier alpha value is -2.29. The molecule has 0 saturated heterocycles. The van der Waals surface area contributed by atoms with Crippen molar-refractivity contribution in [1.29, 1.82) is 0 Å². The highest BCUT2D eigenvalue weighted by molar-refractivity contribution is 5.75. The summed E-state index contributed by atoms with van der Waals surface area (Å²) in [6.45, 7) is 2.78. The number of benzene rings is 2. The lowest BCUT2D eigenvalue weighted by molar-refractivity contribution is 0.639. The number of fused-ring (bicyclic) bond motifs is 1. The molecule has 0 bridgehead atoms. The lowest BCUT2D eigenvalue weighted by Gasteiger charge is -2.04. The monoisotopic (exact) mass is 266 g/mol. The Bertz CT molecular complexity index is 769. The molecule has 0 fully saturated rings. The number of rotatable bonds is 4. The van der Waals surface area contributed by atoms with Crippen molar-refractivity contribution in [2.45, 2.75) is 26.3 Å². The lowest BCUT2D eigenvalue weighted by Crippen LogP contribution is -2.17. The summed E-state index contributed by atoms with van der Waals surface area (Å²) in [5, 5.41) is 0. The van der Waals surface area contributed by atoms with Crippen molar-refractivity contribution < 1.29 is 0 Å². The van der Waals surface area contributed by atoms with E-state index in [4.69, 9.17) is 0 Å². The quantitative estimate of drug-likeness (QED) is 0.773. The minimum atomic E-state index is -0.0151. The van der Waals surface area contributed by atoms with E-state index in [1.807, 2.05) is 35.8 Å². The van der Waals surface area contributed by atoms with Crippen LogP contribution in [-0.2, 0) is 13.0 Å². The van der Waals surface area contributed by atoms with E-state index in [9.17, 15) is 4.79 Å². The second-order valence-electron chi connectivity index (χ2n) is 5.19. The number of aromatic amines is 1. The van der Waals surface area contributed by atoms with Crippen LogP contribution >= 0.6 is 0 Å². The van der Waals surface area contributed by atoms with Gasteiger partial charge in [-0.15, -0.1) is 0 Å². The van der Waals surface area contributed by atoms with Crippen molar-refractivity contribution in [2.75, 3.05) is 0 Å². The minimum Gasteiger partial charge on any atom is -0.306 e. The Morgan fingerprint density at radius 3 is 2.70 bits per heavy atom. The van der Waals surface area contributed by atoms with Crippen molar-refractivity contribution >= 4 is 11.0 Å². The van der Waals surface area contributed by atoms with Gasteiger partial charge < -0.3 is 4.98 Å². The third-order valence-corrected chi connectivity index (χ3v) is 3.62. The Balaban J connectivity index is 1.78. The van der Waals surface area contributed by atoms with Gasteiger partial charge in [0.15, 0.2) is 0 Å². The van der Waals surface area contributed by atoms with Gasteiger partial charge in [-0.3, -0.25) is 4.57 Å². The molecule has 0 spiro atoms. The number of imidazole rings is 1. The summed E-state index contributed by atoms with van der Waals surface area (Å²) in [6, 6.07) is 16.5. The third-order valence-electron chi connectivity index (χ3n) is 3.62. The van der Waals surface area contributed by atoms with E-state index in [-0.39, 0.29) is 5.69 Å². The maximum absolute atomic E-state index is 12.0. The zero-order chi connectivity index (χ0) is 13.9. The molecule has 3 nitrogen and oxygen atoms in total. The van der Waals surface area contributed by atoms with E-state index in [1.165, 1.54) is 5.56 Å². The molecule has 0 saturated carbocycles. The number of hydrogen-bond acceptors (Lipinski definition) is 1. The molecule has 0 unspecified atom stereocenters. The normalized spacial score (nSPS) is 11.1. The van der Waals surface area contributed by atoms with Gasteiger partial charge in [0.1, 0.15) is 0 Å². The van der Waals surface area contributed by atoms with E-state index < -0.39 is 0 Å². The zero-order valence-corrected chi connectivity index (χ0v) is 11.6. The Kier molecular flexibility index (Phi) is 3.42. The minimum absolute atomic E-state index is 0.0151. The molecule has 0 aliphatic heterocycles. The largest absolute Gasteiger partial charge is 0.326 e. The number of H-pyrrole nitrogens is 1. The molecule has 3 aromatic rings. The van der Waals surface area contributed by atoms with Crippen LogP contribution in [0.15, 0.2) is 53.3 Å². The van der Waals surface area contributed by atoms with Crippen molar-refractivity contribution in [1.82, 2.24) is 9.55 Å². The van der Waals surface area contributed by atoms with Gasteiger partial charge >= 0.3 is 5.69 Å². The van der Waals surface area contributed by atoms with Crippen LogP contribution in [0.4, 0.5) is 0 Å². The molecule has 3 heteroatoms. The molecule has 102 valence electrons. The van der Waals surface area contributed by atoms with Crippen LogP contribution in [0.2, 0.25) is 0 Å². The molecule has 0 amide bonds. The van der Waals surface area contributed by atoms with Gasteiger partial charge in [0, 0.05) is 6.54 Å². The standard InChI is InChI=1S/C17H18N2O/c1-13-9-10-16-15(12-13)18-17(20)19(16)11-5-8-14-6-3-2-4-7-14/h2-4,6-7,9-10,12H,5,8,11H2,1H3,(H,18,20). The van der Waals surface area contributed by atoms with Gasteiger partial charge in [0.2, 0.25) is 0 Å². The van der Waals surface area contributed by atoms with E-state index in [0.717, 1.165) is 36.0 Å². The van der Waals surface area contributed by atoms with Crippen LogP contribution in [0.3, 0.4) is 0 Å². The van der Waals surface area contributed by atoms with Crippen LogP contribution in [0.1, 0.15) is 17.5 Å². The molecule has 0 radical (unpaired) electrons. The van der Waals surface area contributed by atoms with Crippen LogP contribution in [0, 0.1) is 6.92 Å². The third kappa shape index (κ3) is 2.52. The van der Waals surface area contributed by atoms with Crippen LogP contribution in [0.5, 0.6) is 0 Å². The lowest BCUT2D eigenvalue weighted by atomic mass is 10.1. The van der Waals surface area contributed by atoms with Crippen molar-refractivity contribution in [3.63, 3.8) is 0 Å². The summed E-state index contributed by atoms with van der Waals surface area (Å²) >= 11 is 0. The molecule has 1 aromatic heterocycles. The van der Waals surface area contributed by atoms with Gasteiger partial charge in [-0.05, 0) is 43.0 Å². The first-order valence-electron chi connectivity index (χ1n) is 6.97. The number of nitrogens with one attached hydrogen (secondary N) is 1. The Labute approximate surface area is 117 Å². The maximum Gasteiger partial charge on any atom is 0.326 e. The predicted octanol–water partition coefficient (Wildman–Crippen LogP) is 3.27. The zero-order valence-electron chi connectivity index (χ0n) is 11.6. The van der Waals surface area contributed by atoms with Gasteiger partial charge in [-0.25, -0.2) is 4.79 Å². The molecule has 0 aliphatic rings. The number of aryl methyl sites for hydroxylation is 3. The molecule has 0 atom stereocenters. The number of aromatic nitrogens is 2. The van der Waals surface area contributed by atoms with E-state index >= 15 is 0 Å². The van der Waals surface area contributed by atoms with Crippen molar-refractivity contribution in [3.05, 3.63) is 70.1 Å². The van der Waals surface area contributed by atoms with Crippen LogP contribution in [-0.4, -0.2) is 9.55 Å².